The van der Waals surface area contributed by atoms with Gasteiger partial charge < -0.3 is 4.74 Å². The predicted molar refractivity (Wildman–Crippen MR) is 78.0 cm³/mol. The number of thioether (sulfide) groups is 1. The van der Waals surface area contributed by atoms with Crippen molar-refractivity contribution in [3.63, 3.8) is 0 Å². The van der Waals surface area contributed by atoms with Crippen molar-refractivity contribution in [3.8, 4) is 0 Å². The van der Waals surface area contributed by atoms with Crippen molar-refractivity contribution < 1.29 is 9.53 Å². The highest BCUT2D eigenvalue weighted by molar-refractivity contribution is 7.99. The normalized spacial score (nSPS) is 12.4. The van der Waals surface area contributed by atoms with E-state index in [0.29, 0.717) is 5.92 Å². The molecule has 1 atom stereocenters. The Kier molecular flexibility index (Phi) is 6.88. The van der Waals surface area contributed by atoms with Gasteiger partial charge in [0.2, 0.25) is 0 Å². The van der Waals surface area contributed by atoms with Gasteiger partial charge in [-0.2, -0.15) is 11.8 Å². The van der Waals surface area contributed by atoms with Crippen LogP contribution in [-0.4, -0.2) is 24.6 Å². The van der Waals surface area contributed by atoms with Gasteiger partial charge in [0.25, 0.3) is 0 Å². The quantitative estimate of drug-likeness (QED) is 0.556. The largest absolute Gasteiger partial charge is 0.469 e. The van der Waals surface area contributed by atoms with Crippen molar-refractivity contribution in [1.82, 2.24) is 0 Å². The number of hydrogen-bond acceptors (Lipinski definition) is 3. The molecule has 0 radical (unpaired) electrons. The topological polar surface area (TPSA) is 26.3 Å². The van der Waals surface area contributed by atoms with Crippen LogP contribution in [0.2, 0.25) is 0 Å². The Morgan fingerprint density at radius 1 is 1.28 bits per heavy atom. The van der Waals surface area contributed by atoms with Crippen LogP contribution in [0.15, 0.2) is 30.3 Å². The number of methoxy groups -OCH3 is 1. The van der Waals surface area contributed by atoms with Gasteiger partial charge in [-0.25, -0.2) is 0 Å². The van der Waals surface area contributed by atoms with Crippen LogP contribution in [0.3, 0.4) is 0 Å². The summed E-state index contributed by atoms with van der Waals surface area (Å²) in [6, 6.07) is 9.87. The van der Waals surface area contributed by atoms with Gasteiger partial charge >= 0.3 is 5.97 Å². The molecule has 0 aliphatic heterocycles. The minimum Gasteiger partial charge on any atom is -0.469 e. The molecule has 1 rings (SSSR count). The Hall–Kier alpha value is -0.960. The molecule has 0 saturated heterocycles. The average molecular weight is 266 g/mol. The van der Waals surface area contributed by atoms with Crippen LogP contribution in [0.4, 0.5) is 0 Å². The van der Waals surface area contributed by atoms with Crippen molar-refractivity contribution in [3.05, 3.63) is 35.9 Å². The van der Waals surface area contributed by atoms with Crippen molar-refractivity contribution >= 4 is 17.7 Å². The third-order valence-electron chi connectivity index (χ3n) is 2.81. The predicted octanol–water partition coefficient (Wildman–Crippen LogP) is 3.72. The molecule has 0 aliphatic rings. The lowest BCUT2D eigenvalue weighted by atomic mass is 10.0. The van der Waals surface area contributed by atoms with Gasteiger partial charge in [0, 0.05) is 5.75 Å². The summed E-state index contributed by atoms with van der Waals surface area (Å²) in [4.78, 5) is 11.8. The van der Waals surface area contributed by atoms with Crippen molar-refractivity contribution in [2.24, 2.45) is 5.92 Å². The van der Waals surface area contributed by atoms with Gasteiger partial charge in [-0.15, -0.1) is 0 Å². The molecular weight excluding hydrogens is 244 g/mol. The van der Waals surface area contributed by atoms with E-state index in [2.05, 4.69) is 13.8 Å². The number of carbonyl (C=O) groups is 1. The molecule has 0 heterocycles. The van der Waals surface area contributed by atoms with E-state index in [4.69, 9.17) is 4.74 Å². The molecule has 0 spiro atoms. The molecule has 0 bridgehead atoms. The molecule has 100 valence electrons. The minimum atomic E-state index is -0.145. The Bertz CT molecular complexity index is 349. The Labute approximate surface area is 114 Å². The molecule has 0 aliphatic carbocycles. The highest BCUT2D eigenvalue weighted by Gasteiger charge is 2.20. The minimum absolute atomic E-state index is 0.141. The standard InChI is InChI=1S/C15H22O2S/c1-12(2)9-10-18-11-14(15(16)17-3)13-7-5-4-6-8-13/h4-8,12,14H,9-11H2,1-3H3. The third-order valence-corrected chi connectivity index (χ3v) is 3.91. The van der Waals surface area contributed by atoms with Crippen LogP contribution >= 0.6 is 11.8 Å². The highest BCUT2D eigenvalue weighted by Crippen LogP contribution is 2.23. The van der Waals surface area contributed by atoms with Crippen molar-refractivity contribution in [2.45, 2.75) is 26.2 Å². The van der Waals surface area contributed by atoms with E-state index in [-0.39, 0.29) is 11.9 Å². The lowest BCUT2D eigenvalue weighted by Gasteiger charge is -2.15. The number of ether oxygens (including phenoxy) is 1. The molecule has 0 aromatic heterocycles. The first-order chi connectivity index (χ1) is 8.65. The maximum atomic E-state index is 11.8. The maximum absolute atomic E-state index is 11.8. The van der Waals surface area contributed by atoms with Crippen LogP contribution < -0.4 is 0 Å². The number of carbonyl (C=O) groups excluding carboxylic acids is 1. The summed E-state index contributed by atoms with van der Waals surface area (Å²) in [5, 5.41) is 0. The Morgan fingerprint density at radius 3 is 2.50 bits per heavy atom. The number of benzene rings is 1. The lowest BCUT2D eigenvalue weighted by molar-refractivity contribution is -0.141. The molecule has 1 aromatic rings. The van der Waals surface area contributed by atoms with Crippen LogP contribution in [-0.2, 0) is 9.53 Å². The second-order valence-corrected chi connectivity index (χ2v) is 5.89. The summed E-state index contributed by atoms with van der Waals surface area (Å²) in [6.07, 6.45) is 1.19. The molecule has 0 saturated carbocycles. The fourth-order valence-electron chi connectivity index (χ4n) is 1.65. The first kappa shape index (κ1) is 15.1. The summed E-state index contributed by atoms with van der Waals surface area (Å²) in [5.41, 5.74) is 1.04. The highest BCUT2D eigenvalue weighted by atomic mass is 32.2. The molecule has 18 heavy (non-hydrogen) atoms. The van der Waals surface area contributed by atoms with Crippen LogP contribution in [0.1, 0.15) is 31.7 Å². The number of hydrogen-bond donors (Lipinski definition) is 0. The summed E-state index contributed by atoms with van der Waals surface area (Å²) in [7, 11) is 1.46. The molecule has 1 aromatic carbocycles. The molecule has 3 heteroatoms. The first-order valence-corrected chi connectivity index (χ1v) is 7.51. The fourth-order valence-corrected chi connectivity index (χ4v) is 3.02. The zero-order valence-corrected chi connectivity index (χ0v) is 12.2. The zero-order chi connectivity index (χ0) is 13.4. The second-order valence-electron chi connectivity index (χ2n) is 4.74. The maximum Gasteiger partial charge on any atom is 0.313 e. The average Bonchev–Trinajstić information content (AvgIpc) is 2.38. The molecule has 0 fully saturated rings. The molecule has 2 nitrogen and oxygen atoms in total. The summed E-state index contributed by atoms with van der Waals surface area (Å²) >= 11 is 1.83. The molecule has 0 N–H and O–H groups in total. The van der Waals surface area contributed by atoms with Crippen LogP contribution in [0.5, 0.6) is 0 Å². The van der Waals surface area contributed by atoms with Gasteiger partial charge in [-0.3, -0.25) is 4.79 Å². The molecular formula is C15H22O2S. The van der Waals surface area contributed by atoms with Crippen LogP contribution in [0, 0.1) is 5.92 Å². The van der Waals surface area contributed by atoms with E-state index in [1.807, 2.05) is 42.1 Å². The van der Waals surface area contributed by atoms with Crippen molar-refractivity contribution in [2.75, 3.05) is 18.6 Å². The fraction of sp³-hybridized carbons (Fsp3) is 0.533. The Morgan fingerprint density at radius 2 is 1.94 bits per heavy atom. The van der Waals surface area contributed by atoms with Gasteiger partial charge in [-0.05, 0) is 23.7 Å². The lowest BCUT2D eigenvalue weighted by Crippen LogP contribution is -2.17. The smallest absolute Gasteiger partial charge is 0.313 e. The SMILES string of the molecule is COC(=O)C(CSCCC(C)C)c1ccccc1. The Balaban J connectivity index is 2.55. The van der Waals surface area contributed by atoms with Gasteiger partial charge in [0.1, 0.15) is 0 Å². The first-order valence-electron chi connectivity index (χ1n) is 6.35. The van der Waals surface area contributed by atoms with Gasteiger partial charge in [-0.1, -0.05) is 44.2 Å². The van der Waals surface area contributed by atoms with Crippen molar-refractivity contribution in [1.29, 1.82) is 0 Å². The van der Waals surface area contributed by atoms with Gasteiger partial charge in [0.05, 0.1) is 13.0 Å². The third kappa shape index (κ3) is 5.13. The second kappa shape index (κ2) is 8.20. The summed E-state index contributed by atoms with van der Waals surface area (Å²) in [6.45, 7) is 4.44. The number of esters is 1. The van der Waals surface area contributed by atoms with E-state index in [9.17, 15) is 4.79 Å². The van der Waals surface area contributed by atoms with E-state index >= 15 is 0 Å². The zero-order valence-electron chi connectivity index (χ0n) is 11.4. The monoisotopic (exact) mass is 266 g/mol. The van der Waals surface area contributed by atoms with E-state index < -0.39 is 0 Å². The number of rotatable bonds is 7. The summed E-state index contributed by atoms with van der Waals surface area (Å²) in [5.74, 6) is 2.32. The van der Waals surface area contributed by atoms with E-state index in [1.165, 1.54) is 13.5 Å². The van der Waals surface area contributed by atoms with Gasteiger partial charge in [0.15, 0.2) is 0 Å². The summed E-state index contributed by atoms with van der Waals surface area (Å²) < 4.78 is 4.89. The van der Waals surface area contributed by atoms with E-state index in [0.717, 1.165) is 17.1 Å². The van der Waals surface area contributed by atoms with E-state index in [1.54, 1.807) is 0 Å². The molecule has 1 unspecified atom stereocenters. The van der Waals surface area contributed by atoms with Crippen LogP contribution in [0.25, 0.3) is 0 Å². The molecule has 0 amide bonds.